The molecule has 3 aliphatic rings. The van der Waals surface area contributed by atoms with Crippen LogP contribution in [0.2, 0.25) is 0 Å². The Morgan fingerprint density at radius 3 is 2.61 bits per heavy atom. The zero-order chi connectivity index (χ0) is 16.7. The lowest BCUT2D eigenvalue weighted by molar-refractivity contribution is 0.0598. The molecule has 23 heavy (non-hydrogen) atoms. The molecule has 128 valence electrons. The monoisotopic (exact) mass is 337 g/mol. The molecule has 4 atom stereocenters. The first kappa shape index (κ1) is 16.9. The van der Waals surface area contributed by atoms with Crippen LogP contribution in [0.15, 0.2) is 24.3 Å². The lowest BCUT2D eigenvalue weighted by Gasteiger charge is -2.49. The number of rotatable bonds is 0. The Labute approximate surface area is 139 Å². The highest BCUT2D eigenvalue weighted by Crippen LogP contribution is 2.60. The maximum Gasteiger partial charge on any atom is 0.330 e. The summed E-state index contributed by atoms with van der Waals surface area (Å²) in [6.07, 6.45) is 10.2. The van der Waals surface area contributed by atoms with Crippen molar-refractivity contribution in [2.45, 2.75) is 57.8 Å². The second-order valence-electron chi connectivity index (χ2n) is 7.71. The van der Waals surface area contributed by atoms with Crippen molar-refractivity contribution in [1.82, 2.24) is 0 Å². The van der Waals surface area contributed by atoms with E-state index in [1.54, 1.807) is 11.1 Å². The molecule has 4 rings (SSSR count). The Bertz CT molecular complexity index is 665. The fraction of sp³-hybridized carbons (Fsp3) is 0.667. The van der Waals surface area contributed by atoms with E-state index in [0.717, 1.165) is 17.8 Å². The van der Waals surface area contributed by atoms with Gasteiger partial charge < -0.3 is 0 Å². The number of aryl methyl sites for hydroxylation is 1. The minimum Gasteiger partial charge on any atom is -0.274 e. The van der Waals surface area contributed by atoms with Crippen molar-refractivity contribution in [3.8, 4) is 0 Å². The molecule has 0 heterocycles. The first-order valence-corrected chi connectivity index (χ1v) is 10.1. The van der Waals surface area contributed by atoms with E-state index in [1.165, 1.54) is 44.9 Å². The van der Waals surface area contributed by atoms with Crippen LogP contribution in [0, 0.1) is 17.3 Å². The van der Waals surface area contributed by atoms with Crippen LogP contribution in [0.25, 0.3) is 0 Å². The highest BCUT2D eigenvalue weighted by atomic mass is 32.2. The van der Waals surface area contributed by atoms with E-state index in [-0.39, 0.29) is 0 Å². The molecule has 4 nitrogen and oxygen atoms in total. The maximum absolute atomic E-state index is 8.97. The zero-order valence-electron chi connectivity index (χ0n) is 13.7. The third-order valence-electron chi connectivity index (χ3n) is 6.42. The lowest BCUT2D eigenvalue weighted by Crippen LogP contribution is -2.39. The van der Waals surface area contributed by atoms with Crippen molar-refractivity contribution < 1.29 is 13.0 Å². The molecule has 1 aromatic carbocycles. The number of fused-ring (bicyclic) bond motifs is 5. The fourth-order valence-corrected chi connectivity index (χ4v) is 5.51. The number of nitrogens with two attached hydrogens (primary N) is 1. The van der Waals surface area contributed by atoms with Gasteiger partial charge in [0.05, 0.1) is 0 Å². The van der Waals surface area contributed by atoms with E-state index in [1.807, 2.05) is 0 Å². The van der Waals surface area contributed by atoms with E-state index in [9.17, 15) is 0 Å². The summed E-state index contributed by atoms with van der Waals surface area (Å²) in [6, 6.07) is 9.27. The summed E-state index contributed by atoms with van der Waals surface area (Å²) in [4.78, 5) is 0. The standard InChI is InChI=1S/C18H24.H3NO3S/c1-18-11-4-7-17(18)16-9-8-13-5-2-3-6-14(13)15(16)10-12-18;1-5(2,3)4/h2-3,5-6,15-17H,4,7-12H2,1H3;(H3,1,2,3,4)/t15-,16-,17+,18+;/m1./s1. The van der Waals surface area contributed by atoms with Gasteiger partial charge in [-0.3, -0.25) is 4.55 Å². The molecule has 0 unspecified atom stereocenters. The third kappa shape index (κ3) is 3.62. The largest absolute Gasteiger partial charge is 0.330 e. The zero-order valence-corrected chi connectivity index (χ0v) is 14.6. The second kappa shape index (κ2) is 6.19. The summed E-state index contributed by atoms with van der Waals surface area (Å²) >= 11 is 0. The van der Waals surface area contributed by atoms with Crippen LogP contribution in [0.4, 0.5) is 0 Å². The normalized spacial score (nSPS) is 35.3. The van der Waals surface area contributed by atoms with Gasteiger partial charge >= 0.3 is 10.3 Å². The van der Waals surface area contributed by atoms with Crippen LogP contribution in [-0.4, -0.2) is 13.0 Å². The smallest absolute Gasteiger partial charge is 0.274 e. The van der Waals surface area contributed by atoms with Crippen molar-refractivity contribution in [1.29, 1.82) is 0 Å². The molecule has 0 spiro atoms. The van der Waals surface area contributed by atoms with Crippen LogP contribution in [0.3, 0.4) is 0 Å². The summed E-state index contributed by atoms with van der Waals surface area (Å²) in [5.41, 5.74) is 4.07. The Kier molecular flexibility index (Phi) is 4.55. The molecule has 0 bridgehead atoms. The van der Waals surface area contributed by atoms with E-state index in [2.05, 4.69) is 36.3 Å². The van der Waals surface area contributed by atoms with Gasteiger partial charge in [-0.1, -0.05) is 37.6 Å². The first-order valence-electron chi connectivity index (χ1n) is 8.61. The molecule has 1 aromatic rings. The van der Waals surface area contributed by atoms with E-state index in [4.69, 9.17) is 13.0 Å². The van der Waals surface area contributed by atoms with Crippen molar-refractivity contribution in [3.05, 3.63) is 35.4 Å². The molecular formula is C18H27NO3S. The average molecular weight is 337 g/mol. The molecule has 5 heteroatoms. The molecule has 2 saturated carbocycles. The van der Waals surface area contributed by atoms with Gasteiger partial charge in [-0.25, -0.2) is 5.14 Å². The average Bonchev–Trinajstić information content (AvgIpc) is 2.87. The van der Waals surface area contributed by atoms with Gasteiger partial charge in [0.2, 0.25) is 0 Å². The number of benzene rings is 1. The first-order chi connectivity index (χ1) is 10.8. The fourth-order valence-electron chi connectivity index (χ4n) is 5.51. The summed E-state index contributed by atoms with van der Waals surface area (Å²) in [5.74, 6) is 2.93. The molecule has 0 amide bonds. The van der Waals surface area contributed by atoms with Gasteiger partial charge in [-0.2, -0.15) is 8.42 Å². The summed E-state index contributed by atoms with van der Waals surface area (Å²) in [7, 11) is -4.17. The molecule has 2 fully saturated rings. The van der Waals surface area contributed by atoms with Gasteiger partial charge in [0.1, 0.15) is 0 Å². The van der Waals surface area contributed by atoms with Crippen molar-refractivity contribution in [3.63, 3.8) is 0 Å². The molecule has 3 N–H and O–H groups in total. The third-order valence-corrected chi connectivity index (χ3v) is 6.42. The Hall–Kier alpha value is -0.910. The summed E-state index contributed by atoms with van der Waals surface area (Å²) < 4.78 is 25.2. The van der Waals surface area contributed by atoms with Crippen LogP contribution < -0.4 is 5.14 Å². The van der Waals surface area contributed by atoms with Gasteiger partial charge in [0, 0.05) is 0 Å². The minimum absolute atomic E-state index is 0.702. The minimum atomic E-state index is -4.17. The van der Waals surface area contributed by atoms with Gasteiger partial charge in [0.25, 0.3) is 0 Å². The SMILES string of the molecule is C[C@@]12CCC[C@H]1[C@@H]1CCc3ccccc3[C@H]1CC2.NS(=O)(=O)O. The quantitative estimate of drug-likeness (QED) is 0.709. The molecular weight excluding hydrogens is 310 g/mol. The molecule has 0 radical (unpaired) electrons. The Morgan fingerprint density at radius 1 is 1.17 bits per heavy atom. The highest BCUT2D eigenvalue weighted by molar-refractivity contribution is 7.83. The van der Waals surface area contributed by atoms with Crippen LogP contribution in [0.5, 0.6) is 0 Å². The van der Waals surface area contributed by atoms with Crippen LogP contribution >= 0.6 is 0 Å². The number of hydrogen-bond acceptors (Lipinski definition) is 2. The second-order valence-corrected chi connectivity index (χ2v) is 8.74. The van der Waals surface area contributed by atoms with Crippen LogP contribution in [0.1, 0.15) is 62.5 Å². The van der Waals surface area contributed by atoms with Crippen molar-refractivity contribution in [2.75, 3.05) is 0 Å². The summed E-state index contributed by atoms with van der Waals surface area (Å²) in [5, 5.41) is 3.88. The molecule has 0 aromatic heterocycles. The van der Waals surface area contributed by atoms with Gasteiger partial charge in [-0.05, 0) is 72.8 Å². The summed E-state index contributed by atoms with van der Waals surface area (Å²) in [6.45, 7) is 2.58. The van der Waals surface area contributed by atoms with Crippen LogP contribution in [-0.2, 0) is 16.7 Å². The topological polar surface area (TPSA) is 80.4 Å². The Balaban J connectivity index is 0.000000276. The maximum atomic E-state index is 8.97. The molecule has 3 aliphatic carbocycles. The van der Waals surface area contributed by atoms with Crippen molar-refractivity contribution >= 4 is 10.3 Å². The Morgan fingerprint density at radius 2 is 1.87 bits per heavy atom. The van der Waals surface area contributed by atoms with Gasteiger partial charge in [0.15, 0.2) is 0 Å². The van der Waals surface area contributed by atoms with Gasteiger partial charge in [-0.15, -0.1) is 0 Å². The van der Waals surface area contributed by atoms with Crippen molar-refractivity contribution in [2.24, 2.45) is 22.4 Å². The van der Waals surface area contributed by atoms with E-state index < -0.39 is 10.3 Å². The molecule has 0 aliphatic heterocycles. The molecule has 0 saturated heterocycles. The van der Waals surface area contributed by atoms with E-state index >= 15 is 0 Å². The van der Waals surface area contributed by atoms with E-state index in [0.29, 0.717) is 5.41 Å². The predicted octanol–water partition coefficient (Wildman–Crippen LogP) is 3.68. The predicted molar refractivity (Wildman–Crippen MR) is 91.4 cm³/mol. The number of hydrogen-bond donors (Lipinski definition) is 2. The lowest BCUT2D eigenvalue weighted by atomic mass is 9.56. The highest BCUT2D eigenvalue weighted by Gasteiger charge is 2.49.